The van der Waals surface area contributed by atoms with E-state index in [0.29, 0.717) is 40.2 Å². The van der Waals surface area contributed by atoms with E-state index in [-0.39, 0.29) is 31.3 Å². The van der Waals surface area contributed by atoms with Crippen molar-refractivity contribution < 1.29 is 19.5 Å². The molecule has 0 saturated heterocycles. The Morgan fingerprint density at radius 3 is 2.16 bits per heavy atom. The molecule has 1 aromatic heterocycles. The second-order valence-electron chi connectivity index (χ2n) is 8.63. The van der Waals surface area contributed by atoms with E-state index in [1.54, 1.807) is 46.6 Å². The van der Waals surface area contributed by atoms with Crippen molar-refractivity contribution in [3.63, 3.8) is 0 Å². The summed E-state index contributed by atoms with van der Waals surface area (Å²) in [5.74, 6) is -1.53. The Morgan fingerprint density at radius 2 is 1.47 bits per heavy atom. The summed E-state index contributed by atoms with van der Waals surface area (Å²) in [5, 5.41) is 14.7. The number of nitrogens with zero attached hydrogens (tertiary/aromatic N) is 1. The first kappa shape index (κ1) is 27.1. The highest BCUT2D eigenvalue weighted by Crippen LogP contribution is 2.29. The van der Waals surface area contributed by atoms with Crippen molar-refractivity contribution in [2.24, 2.45) is 0 Å². The number of amides is 2. The summed E-state index contributed by atoms with van der Waals surface area (Å²) in [7, 11) is 0. The highest BCUT2D eigenvalue weighted by Gasteiger charge is 2.22. The number of halogens is 1. The maximum absolute atomic E-state index is 13.8. The van der Waals surface area contributed by atoms with E-state index < -0.39 is 5.97 Å². The number of hydrogen-bond donors (Lipinski definition) is 2. The second kappa shape index (κ2) is 13.0. The number of carbonyl (C=O) groups excluding carboxylic acids is 2. The van der Waals surface area contributed by atoms with Crippen LogP contribution in [0.4, 0.5) is 0 Å². The molecule has 4 rings (SSSR count). The molecular weight excluding hydrogens is 520 g/mol. The molecule has 0 radical (unpaired) electrons. The standard InChI is InChI=1S/C30H27ClN2O4S/c31-27-14-6-1-8-21(27)20-32-29(36)25-12-4-2-10-23(25)24-11-3-5-13-26(24)30(37)33(18-16-28(34)35)17-15-22-9-7-19-38-22/h1-14,19H,15-18,20H2,(H,32,36)(H,34,35). The average Bonchev–Trinajstić information content (AvgIpc) is 3.46. The van der Waals surface area contributed by atoms with Crippen LogP contribution in [0, 0.1) is 0 Å². The Hall–Kier alpha value is -3.94. The topological polar surface area (TPSA) is 86.7 Å². The number of thiophene rings is 1. The number of carboxylic acid groups (broad SMARTS) is 1. The molecule has 1 heterocycles. The molecule has 0 aliphatic carbocycles. The zero-order chi connectivity index (χ0) is 26.9. The average molecular weight is 547 g/mol. The zero-order valence-electron chi connectivity index (χ0n) is 20.6. The Bertz CT molecular complexity index is 1420. The maximum atomic E-state index is 13.8. The minimum atomic E-state index is -0.965. The van der Waals surface area contributed by atoms with E-state index in [1.807, 2.05) is 60.0 Å². The number of carbonyl (C=O) groups is 3. The van der Waals surface area contributed by atoms with Crippen molar-refractivity contribution in [3.05, 3.63) is 117 Å². The summed E-state index contributed by atoms with van der Waals surface area (Å²) in [4.78, 5) is 41.0. The predicted molar refractivity (Wildman–Crippen MR) is 151 cm³/mol. The van der Waals surface area contributed by atoms with Crippen LogP contribution >= 0.6 is 22.9 Å². The Labute approximate surface area is 230 Å². The van der Waals surface area contributed by atoms with Gasteiger partial charge >= 0.3 is 5.97 Å². The van der Waals surface area contributed by atoms with E-state index in [9.17, 15) is 19.5 Å². The van der Waals surface area contributed by atoms with Crippen LogP contribution in [0.5, 0.6) is 0 Å². The summed E-state index contributed by atoms with van der Waals surface area (Å²) < 4.78 is 0. The van der Waals surface area contributed by atoms with Crippen molar-refractivity contribution in [2.45, 2.75) is 19.4 Å². The minimum Gasteiger partial charge on any atom is -0.481 e. The molecule has 0 unspecified atom stereocenters. The summed E-state index contributed by atoms with van der Waals surface area (Å²) in [5.41, 5.74) is 2.86. The number of carboxylic acids is 1. The van der Waals surface area contributed by atoms with Crippen molar-refractivity contribution in [1.29, 1.82) is 0 Å². The second-order valence-corrected chi connectivity index (χ2v) is 10.1. The number of hydrogen-bond acceptors (Lipinski definition) is 4. The smallest absolute Gasteiger partial charge is 0.305 e. The molecule has 0 bridgehead atoms. The highest BCUT2D eigenvalue weighted by atomic mass is 35.5. The van der Waals surface area contributed by atoms with Gasteiger partial charge in [-0.15, -0.1) is 11.3 Å². The molecule has 4 aromatic rings. The summed E-state index contributed by atoms with van der Waals surface area (Å²) >= 11 is 7.84. The van der Waals surface area contributed by atoms with Gasteiger partial charge in [0.2, 0.25) is 0 Å². The Kier molecular flexibility index (Phi) is 9.30. The molecule has 0 fully saturated rings. The van der Waals surface area contributed by atoms with Crippen molar-refractivity contribution >= 4 is 40.7 Å². The first-order valence-corrected chi connectivity index (χ1v) is 13.4. The third-order valence-electron chi connectivity index (χ3n) is 6.11. The molecule has 3 aromatic carbocycles. The quantitative estimate of drug-likeness (QED) is 0.236. The fourth-order valence-electron chi connectivity index (χ4n) is 4.15. The third-order valence-corrected chi connectivity index (χ3v) is 7.41. The van der Waals surface area contributed by atoms with Gasteiger partial charge in [-0.25, -0.2) is 0 Å². The Morgan fingerprint density at radius 1 is 0.816 bits per heavy atom. The molecule has 8 heteroatoms. The maximum Gasteiger partial charge on any atom is 0.305 e. The van der Waals surface area contributed by atoms with Crippen LogP contribution in [-0.4, -0.2) is 40.9 Å². The first-order chi connectivity index (χ1) is 18.4. The molecule has 0 atom stereocenters. The molecule has 2 N–H and O–H groups in total. The van der Waals surface area contributed by atoms with Gasteiger partial charge in [0.15, 0.2) is 0 Å². The van der Waals surface area contributed by atoms with E-state index >= 15 is 0 Å². The van der Waals surface area contributed by atoms with Gasteiger partial charge in [0.05, 0.1) is 6.42 Å². The largest absolute Gasteiger partial charge is 0.481 e. The van der Waals surface area contributed by atoms with E-state index in [1.165, 1.54) is 0 Å². The lowest BCUT2D eigenvalue weighted by atomic mass is 9.94. The van der Waals surface area contributed by atoms with Gasteiger partial charge in [-0.05, 0) is 52.8 Å². The lowest BCUT2D eigenvalue weighted by Gasteiger charge is -2.24. The summed E-state index contributed by atoms with van der Waals surface area (Å²) in [6.07, 6.45) is 0.478. The van der Waals surface area contributed by atoms with E-state index in [0.717, 1.165) is 10.4 Å². The van der Waals surface area contributed by atoms with Crippen LogP contribution in [0.2, 0.25) is 5.02 Å². The van der Waals surface area contributed by atoms with Gasteiger partial charge in [-0.1, -0.05) is 72.3 Å². The fraction of sp³-hybridized carbons (Fsp3) is 0.167. The normalized spacial score (nSPS) is 10.7. The van der Waals surface area contributed by atoms with Crippen LogP contribution in [0.25, 0.3) is 11.1 Å². The van der Waals surface area contributed by atoms with Crippen molar-refractivity contribution in [1.82, 2.24) is 10.2 Å². The molecule has 2 amide bonds. The minimum absolute atomic E-state index is 0.0911. The summed E-state index contributed by atoms with van der Waals surface area (Å²) in [6.45, 7) is 0.744. The predicted octanol–water partition coefficient (Wildman–Crippen LogP) is 6.16. The lowest BCUT2D eigenvalue weighted by molar-refractivity contribution is -0.137. The van der Waals surface area contributed by atoms with Gasteiger partial charge in [0.1, 0.15) is 0 Å². The van der Waals surface area contributed by atoms with Crippen LogP contribution in [0.3, 0.4) is 0 Å². The van der Waals surface area contributed by atoms with Crippen LogP contribution in [0.15, 0.2) is 90.3 Å². The molecule has 0 spiro atoms. The molecule has 38 heavy (non-hydrogen) atoms. The molecule has 0 aliphatic heterocycles. The van der Waals surface area contributed by atoms with Crippen molar-refractivity contribution in [3.8, 4) is 11.1 Å². The van der Waals surface area contributed by atoms with Crippen molar-refractivity contribution in [2.75, 3.05) is 13.1 Å². The lowest BCUT2D eigenvalue weighted by Crippen LogP contribution is -2.35. The highest BCUT2D eigenvalue weighted by molar-refractivity contribution is 7.09. The van der Waals surface area contributed by atoms with Gasteiger partial charge in [0.25, 0.3) is 11.8 Å². The molecular formula is C30H27ClN2O4S. The third kappa shape index (κ3) is 6.88. The van der Waals surface area contributed by atoms with E-state index in [2.05, 4.69) is 5.32 Å². The zero-order valence-corrected chi connectivity index (χ0v) is 22.2. The van der Waals surface area contributed by atoms with E-state index in [4.69, 9.17) is 11.6 Å². The number of rotatable bonds is 11. The number of benzene rings is 3. The SMILES string of the molecule is O=C(O)CCN(CCc1cccs1)C(=O)c1ccccc1-c1ccccc1C(=O)NCc1ccccc1Cl. The number of aliphatic carboxylic acids is 1. The molecule has 0 saturated carbocycles. The molecule has 194 valence electrons. The molecule has 0 aliphatic rings. The van der Waals surface area contributed by atoms with Gasteiger partial charge < -0.3 is 15.3 Å². The summed E-state index contributed by atoms with van der Waals surface area (Å²) in [6, 6.07) is 25.5. The van der Waals surface area contributed by atoms with Gasteiger partial charge in [-0.3, -0.25) is 14.4 Å². The van der Waals surface area contributed by atoms with Gasteiger partial charge in [0, 0.05) is 40.7 Å². The Balaban J connectivity index is 1.61. The monoisotopic (exact) mass is 546 g/mol. The van der Waals surface area contributed by atoms with Crippen LogP contribution in [0.1, 0.15) is 37.6 Å². The molecule has 6 nitrogen and oxygen atoms in total. The number of nitrogens with one attached hydrogen (secondary N) is 1. The van der Waals surface area contributed by atoms with Gasteiger partial charge in [-0.2, -0.15) is 0 Å². The van der Waals surface area contributed by atoms with Crippen LogP contribution in [-0.2, 0) is 17.8 Å². The first-order valence-electron chi connectivity index (χ1n) is 12.2. The van der Waals surface area contributed by atoms with Crippen LogP contribution < -0.4 is 5.32 Å². The fourth-order valence-corrected chi connectivity index (χ4v) is 5.05.